The van der Waals surface area contributed by atoms with Crippen LogP contribution in [0.3, 0.4) is 0 Å². The van der Waals surface area contributed by atoms with Crippen molar-refractivity contribution < 1.29 is 9.90 Å². The molecule has 6 aromatic rings. The maximum absolute atomic E-state index is 11.9. The first kappa shape index (κ1) is 33.6. The lowest BCUT2D eigenvalue weighted by atomic mass is 9.71. The van der Waals surface area contributed by atoms with Crippen LogP contribution < -0.4 is 4.90 Å². The fourth-order valence-corrected chi connectivity index (χ4v) is 11.4. The average Bonchev–Trinajstić information content (AvgIpc) is 3.79. The van der Waals surface area contributed by atoms with Crippen molar-refractivity contribution >= 4 is 40.4 Å². The largest absolute Gasteiger partial charge is 0.477 e. The van der Waals surface area contributed by atoms with Gasteiger partial charge in [0.15, 0.2) is 0 Å². The standard InChI is InChI=1S/C50H40N2O2S/c1-49(2)40-11-7-5-9-36(40)38-23-21-34(26-42(38)49)52(35-22-24-39-37-10-6-8-12-41(37)50(3,4)43(39)27-35)33-19-17-31(18-20-33)47-46-30-15-13-29(14-16-30)45(46)44(55-47)25-32(28-51)48(53)54/h5-13,15,17-27,29-30H,14,16H2,1-4H3,(H,53,54)/b32-25+. The third-order valence-corrected chi connectivity index (χ3v) is 14.0. The third-order valence-electron chi connectivity index (χ3n) is 12.8. The van der Waals surface area contributed by atoms with Crippen LogP contribution in [0, 0.1) is 11.3 Å². The van der Waals surface area contributed by atoms with E-state index in [1.54, 1.807) is 17.4 Å². The molecule has 5 aliphatic rings. The van der Waals surface area contributed by atoms with E-state index in [0.29, 0.717) is 0 Å². The first-order valence-electron chi connectivity index (χ1n) is 19.2. The fourth-order valence-electron chi connectivity index (χ4n) is 9.99. The Morgan fingerprint density at radius 2 is 1.18 bits per heavy atom. The van der Waals surface area contributed by atoms with E-state index in [1.807, 2.05) is 6.07 Å². The van der Waals surface area contributed by atoms with Gasteiger partial charge in [-0.15, -0.1) is 11.3 Å². The van der Waals surface area contributed by atoms with Crippen molar-refractivity contribution in [1.82, 2.24) is 0 Å². The zero-order valence-corrected chi connectivity index (χ0v) is 32.2. The molecule has 0 aliphatic heterocycles. The van der Waals surface area contributed by atoms with Crippen LogP contribution in [-0.2, 0) is 15.6 Å². The van der Waals surface area contributed by atoms with Gasteiger partial charge in [-0.3, -0.25) is 0 Å². The van der Waals surface area contributed by atoms with Gasteiger partial charge in [0.25, 0.3) is 0 Å². The molecule has 1 aromatic heterocycles. The van der Waals surface area contributed by atoms with Crippen molar-refractivity contribution in [3.63, 3.8) is 0 Å². The highest BCUT2D eigenvalue weighted by molar-refractivity contribution is 7.16. The molecule has 268 valence electrons. The highest BCUT2D eigenvalue weighted by Gasteiger charge is 2.38. The number of nitrogens with zero attached hydrogens (tertiary/aromatic N) is 2. The van der Waals surface area contributed by atoms with E-state index in [2.05, 4.69) is 154 Å². The Hall–Kier alpha value is -5.96. The lowest BCUT2D eigenvalue weighted by Gasteiger charge is -2.32. The Labute approximate surface area is 326 Å². The summed E-state index contributed by atoms with van der Waals surface area (Å²) in [5, 5.41) is 19.3. The lowest BCUT2D eigenvalue weighted by Crippen LogP contribution is -2.18. The molecule has 5 aliphatic carbocycles. The SMILES string of the molecule is CC1(C)c2ccccc2-c2ccc(N(c3ccc(-c4sc(/C=C(\C#N)C(=O)O)c5c4C4C=CC5CC4)cc3)c3ccc4c(c3)C(C)(C)c3ccccc3-4)cc21. The number of thiophene rings is 1. The van der Waals surface area contributed by atoms with Crippen molar-refractivity contribution in [3.8, 4) is 38.8 Å². The molecule has 0 saturated heterocycles. The third kappa shape index (κ3) is 4.91. The lowest BCUT2D eigenvalue weighted by molar-refractivity contribution is -0.132. The second-order valence-corrected chi connectivity index (χ2v) is 17.5. The van der Waals surface area contributed by atoms with Gasteiger partial charge in [0.1, 0.15) is 11.6 Å². The van der Waals surface area contributed by atoms with E-state index in [-0.39, 0.29) is 28.2 Å². The molecule has 0 fully saturated rings. The number of allylic oxidation sites excluding steroid dienone is 2. The average molecular weight is 733 g/mol. The zero-order valence-electron chi connectivity index (χ0n) is 31.4. The quantitative estimate of drug-likeness (QED) is 0.105. The minimum Gasteiger partial charge on any atom is -0.477 e. The molecule has 0 radical (unpaired) electrons. The molecule has 11 rings (SSSR count). The number of carbonyl (C=O) groups is 1. The second-order valence-electron chi connectivity index (χ2n) is 16.5. The molecule has 4 nitrogen and oxygen atoms in total. The molecule has 2 atom stereocenters. The zero-order chi connectivity index (χ0) is 37.8. The number of carboxylic acids is 1. The van der Waals surface area contributed by atoms with E-state index in [4.69, 9.17) is 0 Å². The van der Waals surface area contributed by atoms with Crippen LogP contribution in [0.4, 0.5) is 17.1 Å². The van der Waals surface area contributed by atoms with Gasteiger partial charge in [-0.25, -0.2) is 4.79 Å². The normalized spacial score (nSPS) is 18.9. The second kappa shape index (κ2) is 12.0. The molecule has 2 bridgehead atoms. The van der Waals surface area contributed by atoms with Crippen molar-refractivity contribution in [1.29, 1.82) is 5.26 Å². The summed E-state index contributed by atoms with van der Waals surface area (Å²) in [6.07, 6.45) is 8.29. The number of hydrogen-bond acceptors (Lipinski definition) is 4. The highest BCUT2D eigenvalue weighted by atomic mass is 32.1. The topological polar surface area (TPSA) is 64.3 Å². The molecule has 5 heteroatoms. The molecular formula is C50H40N2O2S. The van der Waals surface area contributed by atoms with E-state index >= 15 is 0 Å². The molecule has 55 heavy (non-hydrogen) atoms. The van der Waals surface area contributed by atoms with Crippen LogP contribution in [-0.4, -0.2) is 11.1 Å². The Kier molecular flexibility index (Phi) is 7.34. The number of hydrogen-bond donors (Lipinski definition) is 1. The van der Waals surface area contributed by atoms with Crippen LogP contribution in [0.25, 0.3) is 38.8 Å². The predicted molar refractivity (Wildman–Crippen MR) is 225 cm³/mol. The molecule has 0 saturated carbocycles. The van der Waals surface area contributed by atoms with E-state index < -0.39 is 5.97 Å². The van der Waals surface area contributed by atoms with Gasteiger partial charge >= 0.3 is 5.97 Å². The summed E-state index contributed by atoms with van der Waals surface area (Å²) >= 11 is 1.61. The summed E-state index contributed by atoms with van der Waals surface area (Å²) in [7, 11) is 0. The van der Waals surface area contributed by atoms with Crippen molar-refractivity contribution in [2.45, 2.75) is 63.2 Å². The molecular weight excluding hydrogens is 693 g/mol. The van der Waals surface area contributed by atoms with E-state index in [9.17, 15) is 15.2 Å². The number of benzene rings is 5. The summed E-state index contributed by atoms with van der Waals surface area (Å²) in [6, 6.07) is 42.3. The minimum absolute atomic E-state index is 0.136. The summed E-state index contributed by atoms with van der Waals surface area (Å²) in [6.45, 7) is 9.33. The molecule has 0 spiro atoms. The smallest absolute Gasteiger partial charge is 0.346 e. The molecule has 1 N–H and O–H groups in total. The monoisotopic (exact) mass is 732 g/mol. The van der Waals surface area contributed by atoms with Crippen LogP contribution in [0.2, 0.25) is 0 Å². The first-order valence-corrected chi connectivity index (χ1v) is 20.0. The Balaban J connectivity index is 1.12. The molecule has 5 aromatic carbocycles. The minimum atomic E-state index is -1.19. The van der Waals surface area contributed by atoms with Crippen molar-refractivity contribution in [3.05, 3.63) is 165 Å². The summed E-state index contributed by atoms with van der Waals surface area (Å²) in [5.74, 6) is -0.660. The number of aliphatic carboxylic acids is 1. The maximum atomic E-state index is 11.9. The highest BCUT2D eigenvalue weighted by Crippen LogP contribution is 2.56. The van der Waals surface area contributed by atoms with E-state index in [1.165, 1.54) is 55.6 Å². The van der Waals surface area contributed by atoms with Gasteiger partial charge in [0.2, 0.25) is 0 Å². The Morgan fingerprint density at radius 3 is 1.69 bits per heavy atom. The van der Waals surface area contributed by atoms with Gasteiger partial charge in [-0.1, -0.05) is 113 Å². The van der Waals surface area contributed by atoms with E-state index in [0.717, 1.165) is 45.2 Å². The molecule has 2 unspecified atom stereocenters. The Morgan fingerprint density at radius 1 is 0.691 bits per heavy atom. The number of rotatable bonds is 6. The summed E-state index contributed by atoms with van der Waals surface area (Å²) < 4.78 is 0. The number of nitriles is 1. The van der Waals surface area contributed by atoms with Gasteiger partial charge in [0.05, 0.1) is 0 Å². The van der Waals surface area contributed by atoms with Gasteiger partial charge in [-0.05, 0) is 117 Å². The maximum Gasteiger partial charge on any atom is 0.346 e. The van der Waals surface area contributed by atoms with Gasteiger partial charge in [0, 0.05) is 49.5 Å². The Bertz CT molecular complexity index is 2610. The van der Waals surface area contributed by atoms with Crippen LogP contribution in [0.1, 0.15) is 90.6 Å². The number of anilines is 3. The van der Waals surface area contributed by atoms with Crippen LogP contribution in [0.5, 0.6) is 0 Å². The molecule has 1 heterocycles. The van der Waals surface area contributed by atoms with Gasteiger partial charge in [-0.2, -0.15) is 5.26 Å². The fraction of sp³-hybridized carbons (Fsp3) is 0.200. The van der Waals surface area contributed by atoms with Crippen LogP contribution in [0.15, 0.2) is 127 Å². The first-order chi connectivity index (χ1) is 26.6. The van der Waals surface area contributed by atoms with Crippen LogP contribution >= 0.6 is 11.3 Å². The predicted octanol–water partition coefficient (Wildman–Crippen LogP) is 13.0. The molecule has 0 amide bonds. The van der Waals surface area contributed by atoms with Gasteiger partial charge < -0.3 is 10.0 Å². The number of carboxylic acid groups (broad SMARTS) is 1. The van der Waals surface area contributed by atoms with Crippen molar-refractivity contribution in [2.24, 2.45) is 0 Å². The summed E-state index contributed by atoms with van der Waals surface area (Å²) in [5.41, 5.74) is 17.0. The van der Waals surface area contributed by atoms with Crippen molar-refractivity contribution in [2.75, 3.05) is 4.90 Å². The number of fused-ring (bicyclic) bond motifs is 7. The summed E-state index contributed by atoms with van der Waals surface area (Å²) in [4.78, 5) is 16.3.